The van der Waals surface area contributed by atoms with Crippen LogP contribution in [0.2, 0.25) is 5.02 Å². The number of fused-ring (bicyclic) bond motifs is 1. The summed E-state index contributed by atoms with van der Waals surface area (Å²) in [4.78, 5) is 11.9. The predicted molar refractivity (Wildman–Crippen MR) is 86.2 cm³/mol. The molecule has 2 heterocycles. The van der Waals surface area contributed by atoms with Crippen molar-refractivity contribution < 1.29 is 19.0 Å². The summed E-state index contributed by atoms with van der Waals surface area (Å²) >= 11 is 6.18. The van der Waals surface area contributed by atoms with Crippen molar-refractivity contribution in [2.75, 3.05) is 33.0 Å². The third kappa shape index (κ3) is 4.42. The summed E-state index contributed by atoms with van der Waals surface area (Å²) in [6.45, 7) is 3.56. The van der Waals surface area contributed by atoms with Gasteiger partial charge in [0, 0.05) is 19.7 Å². The fourth-order valence-electron chi connectivity index (χ4n) is 2.72. The highest BCUT2D eigenvalue weighted by Crippen LogP contribution is 2.38. The first-order valence-corrected chi connectivity index (χ1v) is 8.27. The predicted octanol–water partition coefficient (Wildman–Crippen LogP) is 2.34. The first-order valence-electron chi connectivity index (χ1n) is 7.90. The van der Waals surface area contributed by atoms with Crippen LogP contribution >= 0.6 is 11.6 Å². The highest BCUT2D eigenvalue weighted by molar-refractivity contribution is 6.32. The lowest BCUT2D eigenvalue weighted by Gasteiger charge is -2.22. The van der Waals surface area contributed by atoms with Gasteiger partial charge in [0.05, 0.1) is 11.6 Å². The van der Waals surface area contributed by atoms with E-state index >= 15 is 0 Å². The largest absolute Gasteiger partial charge is 0.486 e. The van der Waals surface area contributed by atoms with Crippen molar-refractivity contribution in [1.29, 1.82) is 0 Å². The monoisotopic (exact) mass is 340 g/mol. The van der Waals surface area contributed by atoms with Crippen LogP contribution in [0.25, 0.3) is 0 Å². The Balaban J connectivity index is 1.47. The quantitative estimate of drug-likeness (QED) is 0.882. The van der Waals surface area contributed by atoms with Gasteiger partial charge < -0.3 is 24.8 Å². The second-order valence-electron chi connectivity index (χ2n) is 5.75. The van der Waals surface area contributed by atoms with Gasteiger partial charge in [0.15, 0.2) is 11.5 Å². The normalized spacial score (nSPS) is 20.0. The van der Waals surface area contributed by atoms with Crippen LogP contribution in [0.3, 0.4) is 0 Å². The minimum atomic E-state index is -0.193. The second kappa shape index (κ2) is 7.75. The molecule has 1 atom stereocenters. The van der Waals surface area contributed by atoms with E-state index in [1.54, 1.807) is 6.07 Å². The van der Waals surface area contributed by atoms with Gasteiger partial charge in [-0.1, -0.05) is 11.6 Å². The van der Waals surface area contributed by atoms with Crippen molar-refractivity contribution in [2.24, 2.45) is 5.92 Å². The van der Waals surface area contributed by atoms with Crippen LogP contribution in [-0.2, 0) is 11.3 Å². The Kier molecular flexibility index (Phi) is 5.46. The number of carbonyl (C=O) groups is 1. The molecule has 0 bridgehead atoms. The molecular formula is C16H21ClN2O4. The molecule has 0 aromatic heterocycles. The molecule has 126 valence electrons. The second-order valence-corrected chi connectivity index (χ2v) is 6.16. The summed E-state index contributed by atoms with van der Waals surface area (Å²) in [5.41, 5.74) is 0.871. The van der Waals surface area contributed by atoms with Crippen LogP contribution in [-0.4, -0.2) is 39.0 Å². The van der Waals surface area contributed by atoms with E-state index in [1.807, 2.05) is 6.07 Å². The molecule has 2 amide bonds. The number of rotatable bonds is 4. The van der Waals surface area contributed by atoms with Gasteiger partial charge in [-0.3, -0.25) is 0 Å². The van der Waals surface area contributed by atoms with Gasteiger partial charge in [-0.25, -0.2) is 4.79 Å². The molecule has 2 aliphatic rings. The lowest BCUT2D eigenvalue weighted by Crippen LogP contribution is -2.39. The maximum Gasteiger partial charge on any atom is 0.315 e. The SMILES string of the molecule is O=C(NCc1cc(Cl)c2c(c1)OCCO2)NCC1CCCOC1. The maximum atomic E-state index is 11.9. The smallest absolute Gasteiger partial charge is 0.315 e. The number of amides is 2. The van der Waals surface area contributed by atoms with Crippen molar-refractivity contribution in [3.63, 3.8) is 0 Å². The van der Waals surface area contributed by atoms with E-state index in [-0.39, 0.29) is 6.03 Å². The Labute approximate surface area is 140 Å². The summed E-state index contributed by atoms with van der Waals surface area (Å²) < 4.78 is 16.4. The highest BCUT2D eigenvalue weighted by Gasteiger charge is 2.17. The maximum absolute atomic E-state index is 11.9. The summed E-state index contributed by atoms with van der Waals surface area (Å²) in [5.74, 6) is 1.60. The number of benzene rings is 1. The zero-order valence-electron chi connectivity index (χ0n) is 12.9. The molecule has 1 fully saturated rings. The van der Waals surface area contributed by atoms with E-state index in [9.17, 15) is 4.79 Å². The Morgan fingerprint density at radius 3 is 2.91 bits per heavy atom. The molecule has 1 aromatic carbocycles. The average molecular weight is 341 g/mol. The molecule has 23 heavy (non-hydrogen) atoms. The number of carbonyl (C=O) groups excluding carboxylic acids is 1. The van der Waals surface area contributed by atoms with E-state index in [2.05, 4.69) is 10.6 Å². The van der Waals surface area contributed by atoms with Gasteiger partial charge in [0.25, 0.3) is 0 Å². The first-order chi connectivity index (χ1) is 11.2. The van der Waals surface area contributed by atoms with Crippen molar-refractivity contribution >= 4 is 17.6 Å². The first kappa shape index (κ1) is 16.2. The van der Waals surface area contributed by atoms with Crippen molar-refractivity contribution in [3.8, 4) is 11.5 Å². The van der Waals surface area contributed by atoms with Crippen molar-refractivity contribution in [3.05, 3.63) is 22.7 Å². The molecule has 1 unspecified atom stereocenters. The molecule has 7 heteroatoms. The van der Waals surface area contributed by atoms with Gasteiger partial charge in [0.1, 0.15) is 13.2 Å². The van der Waals surface area contributed by atoms with E-state index in [1.165, 1.54) is 0 Å². The van der Waals surface area contributed by atoms with Gasteiger partial charge >= 0.3 is 6.03 Å². The van der Waals surface area contributed by atoms with E-state index in [0.717, 1.165) is 31.6 Å². The molecule has 1 saturated heterocycles. The van der Waals surface area contributed by atoms with Crippen LogP contribution in [0.1, 0.15) is 18.4 Å². The lowest BCUT2D eigenvalue weighted by molar-refractivity contribution is 0.0557. The minimum absolute atomic E-state index is 0.193. The Morgan fingerprint density at radius 1 is 1.22 bits per heavy atom. The van der Waals surface area contributed by atoms with Crippen LogP contribution in [0.5, 0.6) is 11.5 Å². The van der Waals surface area contributed by atoms with E-state index in [4.69, 9.17) is 25.8 Å². The number of hydrogen-bond acceptors (Lipinski definition) is 4. The molecule has 2 N–H and O–H groups in total. The Hall–Kier alpha value is -1.66. The number of halogens is 1. The van der Waals surface area contributed by atoms with Crippen LogP contribution in [0.4, 0.5) is 4.79 Å². The van der Waals surface area contributed by atoms with Crippen LogP contribution < -0.4 is 20.1 Å². The molecule has 1 aromatic rings. The number of ether oxygens (including phenoxy) is 3. The topological polar surface area (TPSA) is 68.8 Å². The highest BCUT2D eigenvalue weighted by atomic mass is 35.5. The lowest BCUT2D eigenvalue weighted by atomic mass is 10.0. The Bertz CT molecular complexity index is 561. The number of hydrogen-bond donors (Lipinski definition) is 2. The van der Waals surface area contributed by atoms with Crippen molar-refractivity contribution in [2.45, 2.75) is 19.4 Å². The molecule has 0 radical (unpaired) electrons. The fraction of sp³-hybridized carbons (Fsp3) is 0.562. The third-order valence-electron chi connectivity index (χ3n) is 3.92. The third-order valence-corrected chi connectivity index (χ3v) is 4.20. The summed E-state index contributed by atoms with van der Waals surface area (Å²) in [6.07, 6.45) is 2.15. The van der Waals surface area contributed by atoms with E-state index in [0.29, 0.717) is 48.7 Å². The molecular weight excluding hydrogens is 320 g/mol. The average Bonchev–Trinajstić information content (AvgIpc) is 2.59. The minimum Gasteiger partial charge on any atom is -0.486 e. The summed E-state index contributed by atoms with van der Waals surface area (Å²) in [6, 6.07) is 3.43. The zero-order chi connectivity index (χ0) is 16.1. The van der Waals surface area contributed by atoms with Crippen molar-refractivity contribution in [1.82, 2.24) is 10.6 Å². The van der Waals surface area contributed by atoms with Gasteiger partial charge in [-0.15, -0.1) is 0 Å². The summed E-state index contributed by atoms with van der Waals surface area (Å²) in [7, 11) is 0. The van der Waals surface area contributed by atoms with Gasteiger partial charge in [-0.05, 0) is 36.5 Å². The molecule has 2 aliphatic heterocycles. The van der Waals surface area contributed by atoms with Gasteiger partial charge in [-0.2, -0.15) is 0 Å². The zero-order valence-corrected chi connectivity index (χ0v) is 13.7. The molecule has 0 aliphatic carbocycles. The Morgan fingerprint density at radius 2 is 2.09 bits per heavy atom. The van der Waals surface area contributed by atoms with Crippen LogP contribution in [0, 0.1) is 5.92 Å². The molecule has 6 nitrogen and oxygen atoms in total. The van der Waals surface area contributed by atoms with Gasteiger partial charge in [0.2, 0.25) is 0 Å². The summed E-state index contributed by atoms with van der Waals surface area (Å²) in [5, 5.41) is 6.21. The molecule has 0 saturated carbocycles. The standard InChI is InChI=1S/C16H21ClN2O4/c17-13-6-12(7-14-15(13)23-5-4-22-14)9-19-16(20)18-8-11-2-1-3-21-10-11/h6-7,11H,1-5,8-10H2,(H2,18,19,20). The van der Waals surface area contributed by atoms with Crippen LogP contribution in [0.15, 0.2) is 12.1 Å². The molecule has 0 spiro atoms. The van der Waals surface area contributed by atoms with E-state index < -0.39 is 0 Å². The fourth-order valence-corrected chi connectivity index (χ4v) is 3.00. The molecule has 3 rings (SSSR count). The number of nitrogens with one attached hydrogen (secondary N) is 2. The number of urea groups is 1.